The molecule has 0 saturated carbocycles. The van der Waals surface area contributed by atoms with Crippen molar-refractivity contribution in [3.05, 3.63) is 11.1 Å². The molecular formula is C11H19N3O2S. The second-order valence-electron chi connectivity index (χ2n) is 3.66. The Bertz CT molecular complexity index is 354. The first-order valence-corrected chi connectivity index (χ1v) is 6.58. The fourth-order valence-corrected chi connectivity index (χ4v) is 1.98. The number of carbonyl (C=O) groups excluding carboxylic acids is 1. The Hall–Kier alpha value is -1.14. The molecule has 6 heteroatoms. The summed E-state index contributed by atoms with van der Waals surface area (Å²) in [5.41, 5.74) is 0.414. The van der Waals surface area contributed by atoms with Crippen LogP contribution in [-0.2, 0) is 4.84 Å². The zero-order valence-electron chi connectivity index (χ0n) is 10.5. The summed E-state index contributed by atoms with van der Waals surface area (Å²) in [5.74, 6) is -0.231. The minimum atomic E-state index is -0.231. The molecule has 1 aromatic heterocycles. The first-order valence-electron chi connectivity index (χ1n) is 5.70. The maximum absolute atomic E-state index is 11.7. The van der Waals surface area contributed by atoms with Crippen LogP contribution in [0, 0.1) is 0 Å². The molecular weight excluding hydrogens is 238 g/mol. The van der Waals surface area contributed by atoms with E-state index in [2.05, 4.69) is 17.2 Å². The third-order valence-corrected chi connectivity index (χ3v) is 3.14. The first-order chi connectivity index (χ1) is 8.19. The Kier molecular flexibility index (Phi) is 5.93. The molecule has 96 valence electrons. The third-order valence-electron chi connectivity index (χ3n) is 2.34. The molecule has 5 nitrogen and oxygen atoms in total. The van der Waals surface area contributed by atoms with Gasteiger partial charge in [0.2, 0.25) is 0 Å². The van der Waals surface area contributed by atoms with Crippen molar-refractivity contribution >= 4 is 22.4 Å². The van der Waals surface area contributed by atoms with E-state index in [-0.39, 0.29) is 5.91 Å². The molecule has 0 aliphatic heterocycles. The zero-order chi connectivity index (χ0) is 12.7. The zero-order valence-corrected chi connectivity index (χ0v) is 11.3. The fraction of sp³-hybridized carbons (Fsp3) is 0.636. The number of amides is 1. The van der Waals surface area contributed by atoms with Crippen LogP contribution in [0.15, 0.2) is 5.38 Å². The molecule has 1 N–H and O–H groups in total. The normalized spacial score (nSPS) is 10.3. The summed E-state index contributed by atoms with van der Waals surface area (Å²) in [5, 5.41) is 6.89. The number of hydrogen-bond acceptors (Lipinski definition) is 5. The van der Waals surface area contributed by atoms with E-state index in [1.54, 1.807) is 12.4 Å². The van der Waals surface area contributed by atoms with Crippen LogP contribution in [0.2, 0.25) is 0 Å². The summed E-state index contributed by atoms with van der Waals surface area (Å²) in [6.07, 6.45) is 3.52. The molecule has 1 aromatic rings. The van der Waals surface area contributed by atoms with E-state index in [1.807, 2.05) is 0 Å². The van der Waals surface area contributed by atoms with Crippen LogP contribution in [0.4, 0.5) is 5.13 Å². The summed E-state index contributed by atoms with van der Waals surface area (Å²) < 4.78 is 0. The number of thiazole rings is 1. The van der Waals surface area contributed by atoms with Gasteiger partial charge in [-0.1, -0.05) is 19.8 Å². The lowest BCUT2D eigenvalue weighted by atomic mass is 10.2. The van der Waals surface area contributed by atoms with Crippen LogP contribution in [0.3, 0.4) is 0 Å². The van der Waals surface area contributed by atoms with Gasteiger partial charge in [0.1, 0.15) is 5.69 Å². The van der Waals surface area contributed by atoms with Gasteiger partial charge in [-0.2, -0.15) is 0 Å². The topological polar surface area (TPSA) is 54.5 Å². The highest BCUT2D eigenvalue weighted by Gasteiger charge is 2.14. The van der Waals surface area contributed by atoms with E-state index in [4.69, 9.17) is 4.84 Å². The average molecular weight is 257 g/mol. The highest BCUT2D eigenvalue weighted by molar-refractivity contribution is 7.13. The van der Waals surface area contributed by atoms with Crippen molar-refractivity contribution in [3.8, 4) is 0 Å². The monoisotopic (exact) mass is 257 g/mol. The summed E-state index contributed by atoms with van der Waals surface area (Å²) in [6.45, 7) is 3.07. The number of hydroxylamine groups is 2. The number of unbranched alkanes of at least 4 members (excludes halogenated alkanes) is 2. The molecule has 1 rings (SSSR count). The molecule has 17 heavy (non-hydrogen) atoms. The highest BCUT2D eigenvalue weighted by atomic mass is 32.1. The molecule has 0 fully saturated rings. The Balaban J connectivity index is 2.45. The lowest BCUT2D eigenvalue weighted by molar-refractivity contribution is -0.0759. The second-order valence-corrected chi connectivity index (χ2v) is 4.52. The molecule has 0 radical (unpaired) electrons. The van der Waals surface area contributed by atoms with Crippen molar-refractivity contribution in [2.24, 2.45) is 0 Å². The van der Waals surface area contributed by atoms with Gasteiger partial charge in [0.15, 0.2) is 5.13 Å². The molecule has 1 amide bonds. The van der Waals surface area contributed by atoms with Crippen molar-refractivity contribution in [2.75, 3.05) is 26.0 Å². The van der Waals surface area contributed by atoms with Gasteiger partial charge in [-0.25, -0.2) is 10.0 Å². The van der Waals surface area contributed by atoms with Crippen molar-refractivity contribution in [2.45, 2.75) is 26.2 Å². The maximum atomic E-state index is 11.7. The molecule has 0 unspecified atom stereocenters. The van der Waals surface area contributed by atoms with Crippen LogP contribution in [0.5, 0.6) is 0 Å². The van der Waals surface area contributed by atoms with Crippen LogP contribution in [0.25, 0.3) is 0 Å². The van der Waals surface area contributed by atoms with Gasteiger partial charge < -0.3 is 5.32 Å². The number of rotatable bonds is 7. The molecule has 0 saturated heterocycles. The molecule has 0 aliphatic carbocycles. The Morgan fingerprint density at radius 1 is 1.59 bits per heavy atom. The van der Waals surface area contributed by atoms with Crippen molar-refractivity contribution in [1.29, 1.82) is 0 Å². The minimum absolute atomic E-state index is 0.231. The predicted octanol–water partition coefficient (Wildman–Crippen LogP) is 2.38. The van der Waals surface area contributed by atoms with Crippen LogP contribution < -0.4 is 5.32 Å². The average Bonchev–Trinajstić information content (AvgIpc) is 2.81. The maximum Gasteiger partial charge on any atom is 0.296 e. The highest BCUT2D eigenvalue weighted by Crippen LogP contribution is 2.16. The lowest BCUT2D eigenvalue weighted by Gasteiger charge is -2.11. The fourth-order valence-electron chi connectivity index (χ4n) is 1.27. The van der Waals surface area contributed by atoms with Gasteiger partial charge in [0, 0.05) is 19.0 Å². The molecule has 0 atom stereocenters. The Morgan fingerprint density at radius 3 is 3.00 bits per heavy atom. The van der Waals surface area contributed by atoms with Crippen LogP contribution in [-0.4, -0.2) is 36.7 Å². The van der Waals surface area contributed by atoms with Crippen molar-refractivity contribution in [3.63, 3.8) is 0 Å². The van der Waals surface area contributed by atoms with E-state index in [1.165, 1.54) is 31.3 Å². The number of anilines is 1. The number of nitrogens with one attached hydrogen (secondary N) is 1. The minimum Gasteiger partial charge on any atom is -0.362 e. The third kappa shape index (κ3) is 4.32. The first kappa shape index (κ1) is 13.9. The van der Waals surface area contributed by atoms with E-state index in [0.29, 0.717) is 5.69 Å². The molecule has 0 bridgehead atoms. The Labute approximate surface area is 106 Å². The van der Waals surface area contributed by atoms with E-state index >= 15 is 0 Å². The van der Waals surface area contributed by atoms with Gasteiger partial charge in [0.25, 0.3) is 5.91 Å². The van der Waals surface area contributed by atoms with E-state index in [0.717, 1.165) is 23.2 Å². The van der Waals surface area contributed by atoms with Gasteiger partial charge in [-0.05, 0) is 6.42 Å². The molecule has 0 aromatic carbocycles. The van der Waals surface area contributed by atoms with E-state index < -0.39 is 0 Å². The smallest absolute Gasteiger partial charge is 0.296 e. The van der Waals surface area contributed by atoms with Gasteiger partial charge in [-0.3, -0.25) is 9.63 Å². The predicted molar refractivity (Wildman–Crippen MR) is 69.2 cm³/mol. The quantitative estimate of drug-likeness (QED) is 0.602. The number of hydrogen-bond donors (Lipinski definition) is 1. The standard InChI is InChI=1S/C11H19N3O2S/c1-4-5-6-7-12-11-13-9(8-17-11)10(15)14(2)16-3/h8H,4-7H2,1-3H3,(H,12,13). The number of aromatic nitrogens is 1. The second kappa shape index (κ2) is 7.24. The summed E-state index contributed by atoms with van der Waals surface area (Å²) in [7, 11) is 3.02. The molecule has 1 heterocycles. The number of carbonyl (C=O) groups is 1. The van der Waals surface area contributed by atoms with Crippen LogP contribution in [0.1, 0.15) is 36.7 Å². The van der Waals surface area contributed by atoms with Crippen molar-refractivity contribution in [1.82, 2.24) is 10.0 Å². The largest absolute Gasteiger partial charge is 0.362 e. The van der Waals surface area contributed by atoms with Crippen molar-refractivity contribution < 1.29 is 9.63 Å². The van der Waals surface area contributed by atoms with Gasteiger partial charge in [0.05, 0.1) is 7.11 Å². The Morgan fingerprint density at radius 2 is 2.35 bits per heavy atom. The van der Waals surface area contributed by atoms with E-state index in [9.17, 15) is 4.79 Å². The lowest BCUT2D eigenvalue weighted by Crippen LogP contribution is -2.25. The summed E-state index contributed by atoms with van der Waals surface area (Å²) >= 11 is 1.44. The van der Waals surface area contributed by atoms with Gasteiger partial charge in [-0.15, -0.1) is 11.3 Å². The number of nitrogens with zero attached hydrogens (tertiary/aromatic N) is 2. The van der Waals surface area contributed by atoms with Gasteiger partial charge >= 0.3 is 0 Å². The summed E-state index contributed by atoms with van der Waals surface area (Å²) in [6, 6.07) is 0. The van der Waals surface area contributed by atoms with Crippen LogP contribution >= 0.6 is 11.3 Å². The summed E-state index contributed by atoms with van der Waals surface area (Å²) in [4.78, 5) is 20.7. The SMILES string of the molecule is CCCCCNc1nc(C(=O)N(C)OC)cs1. The molecule has 0 aliphatic rings. The molecule has 0 spiro atoms.